The summed E-state index contributed by atoms with van der Waals surface area (Å²) in [6, 6.07) is 0. The van der Waals surface area contributed by atoms with E-state index in [2.05, 4.69) is 0 Å². The van der Waals surface area contributed by atoms with Crippen LogP contribution in [0.5, 0.6) is 0 Å². The molecule has 0 saturated carbocycles. The van der Waals surface area contributed by atoms with Crippen LogP contribution in [0.4, 0.5) is 8.78 Å². The number of carbonyl (C=O) groups is 1. The summed E-state index contributed by atoms with van der Waals surface area (Å²) in [5.74, 6) is -5.55. The quantitative estimate of drug-likeness (QED) is 0.162. The van der Waals surface area contributed by atoms with Gasteiger partial charge in [0.05, 0.1) is 13.2 Å². The van der Waals surface area contributed by atoms with Gasteiger partial charge in [0.25, 0.3) is 0 Å². The SMILES string of the molecule is CCCCOC[C@H]1OC(C(F)(F)C(=O)OCC)[C@H](OCCCC)C(OCCCC)[C@H]1OCCCC. The Bertz CT molecular complexity index is 550. The molecule has 1 rings (SSSR count). The fourth-order valence-corrected chi connectivity index (χ4v) is 3.79. The maximum Gasteiger partial charge on any atom is 0.379 e. The largest absolute Gasteiger partial charge is 0.461 e. The molecule has 7 nitrogen and oxygen atoms in total. The van der Waals surface area contributed by atoms with Crippen LogP contribution in [0, 0.1) is 0 Å². The summed E-state index contributed by atoms with van der Waals surface area (Å²) >= 11 is 0. The predicted molar refractivity (Wildman–Crippen MR) is 130 cm³/mol. The summed E-state index contributed by atoms with van der Waals surface area (Å²) in [7, 11) is 0. The van der Waals surface area contributed by atoms with E-state index < -0.39 is 42.4 Å². The van der Waals surface area contributed by atoms with Crippen LogP contribution in [-0.2, 0) is 33.2 Å². The molecule has 0 aliphatic carbocycles. The van der Waals surface area contributed by atoms with Crippen molar-refractivity contribution in [3.63, 3.8) is 0 Å². The van der Waals surface area contributed by atoms with Gasteiger partial charge >= 0.3 is 11.9 Å². The van der Waals surface area contributed by atoms with Crippen LogP contribution in [0.1, 0.15) is 86.0 Å². The average Bonchev–Trinajstić information content (AvgIpc) is 2.84. The molecule has 2 unspecified atom stereocenters. The first kappa shape index (κ1) is 32.2. The summed E-state index contributed by atoms with van der Waals surface area (Å²) in [5.41, 5.74) is 0. The van der Waals surface area contributed by atoms with E-state index in [0.29, 0.717) is 26.2 Å². The van der Waals surface area contributed by atoms with Crippen molar-refractivity contribution in [3.8, 4) is 0 Å². The predicted octanol–water partition coefficient (Wildman–Crippen LogP) is 5.32. The summed E-state index contributed by atoms with van der Waals surface area (Å²) in [6.07, 6.45) is 1.26. The number of alkyl halides is 2. The van der Waals surface area contributed by atoms with Crippen LogP contribution in [0.25, 0.3) is 0 Å². The number of hydrogen-bond acceptors (Lipinski definition) is 7. The molecule has 1 heterocycles. The lowest BCUT2D eigenvalue weighted by Gasteiger charge is -2.47. The molecule has 1 saturated heterocycles. The van der Waals surface area contributed by atoms with Crippen molar-refractivity contribution in [1.82, 2.24) is 0 Å². The highest BCUT2D eigenvalue weighted by atomic mass is 19.3. The topological polar surface area (TPSA) is 72.5 Å². The van der Waals surface area contributed by atoms with E-state index in [4.69, 9.17) is 28.4 Å². The van der Waals surface area contributed by atoms with Crippen LogP contribution >= 0.6 is 0 Å². The fraction of sp³-hybridized carbons (Fsp3) is 0.962. The lowest BCUT2D eigenvalue weighted by atomic mass is 9.90. The Morgan fingerprint density at radius 2 is 1.23 bits per heavy atom. The minimum Gasteiger partial charge on any atom is -0.461 e. The van der Waals surface area contributed by atoms with Crippen LogP contribution in [0.2, 0.25) is 0 Å². The highest BCUT2D eigenvalue weighted by Gasteiger charge is 2.61. The third-order valence-electron chi connectivity index (χ3n) is 5.89. The molecule has 0 amide bonds. The van der Waals surface area contributed by atoms with E-state index in [0.717, 1.165) is 44.9 Å². The highest BCUT2D eigenvalue weighted by Crippen LogP contribution is 2.37. The molecule has 35 heavy (non-hydrogen) atoms. The fourth-order valence-electron chi connectivity index (χ4n) is 3.79. The normalized spacial score (nSPS) is 25.1. The Morgan fingerprint density at radius 1 is 0.743 bits per heavy atom. The van der Waals surface area contributed by atoms with E-state index in [-0.39, 0.29) is 19.8 Å². The van der Waals surface area contributed by atoms with E-state index in [9.17, 15) is 4.79 Å². The third-order valence-corrected chi connectivity index (χ3v) is 5.89. The second-order valence-corrected chi connectivity index (χ2v) is 8.93. The lowest BCUT2D eigenvalue weighted by molar-refractivity contribution is -0.303. The van der Waals surface area contributed by atoms with E-state index in [1.165, 1.54) is 6.92 Å². The van der Waals surface area contributed by atoms with Crippen molar-refractivity contribution in [2.75, 3.05) is 39.6 Å². The first-order valence-electron chi connectivity index (χ1n) is 13.5. The van der Waals surface area contributed by atoms with Crippen molar-refractivity contribution in [3.05, 3.63) is 0 Å². The molecule has 0 spiro atoms. The Hall–Kier alpha value is -0.870. The molecule has 1 aliphatic rings. The van der Waals surface area contributed by atoms with Crippen LogP contribution in [0.3, 0.4) is 0 Å². The van der Waals surface area contributed by atoms with Crippen LogP contribution in [-0.4, -0.2) is 82.1 Å². The van der Waals surface area contributed by atoms with Crippen molar-refractivity contribution >= 4 is 5.97 Å². The van der Waals surface area contributed by atoms with E-state index in [1.54, 1.807) is 0 Å². The molecule has 1 fully saturated rings. The van der Waals surface area contributed by atoms with Crippen LogP contribution in [0.15, 0.2) is 0 Å². The summed E-state index contributed by atoms with van der Waals surface area (Å²) in [5, 5.41) is 0. The Morgan fingerprint density at radius 3 is 1.74 bits per heavy atom. The molecular weight excluding hydrogens is 462 g/mol. The van der Waals surface area contributed by atoms with E-state index in [1.807, 2.05) is 27.7 Å². The highest BCUT2D eigenvalue weighted by molar-refractivity contribution is 5.78. The zero-order valence-electron chi connectivity index (χ0n) is 22.4. The molecule has 0 aromatic heterocycles. The second kappa shape index (κ2) is 18.4. The Balaban J connectivity index is 3.33. The standard InChI is InChI=1S/C26H48F2O7/c1-6-11-15-30-19-20-21(32-16-12-7-2)22(33-17-13-8-3)23(34-18-14-9-4)24(35-20)26(27,28)25(29)31-10-5/h20-24H,6-19H2,1-5H3/t20-,21+,22?,23-,24?/m1/s1. The lowest BCUT2D eigenvalue weighted by Crippen LogP contribution is -2.67. The van der Waals surface area contributed by atoms with Gasteiger partial charge in [0.1, 0.15) is 24.4 Å². The minimum atomic E-state index is -3.92. The van der Waals surface area contributed by atoms with Gasteiger partial charge in [-0.05, 0) is 32.6 Å². The number of halogens is 2. The van der Waals surface area contributed by atoms with Gasteiger partial charge in [0, 0.05) is 26.4 Å². The molecule has 0 bridgehead atoms. The monoisotopic (exact) mass is 510 g/mol. The number of unbranched alkanes of at least 4 members (excludes halogenated alkanes) is 4. The molecule has 5 atom stereocenters. The van der Waals surface area contributed by atoms with Gasteiger partial charge in [-0.3, -0.25) is 0 Å². The maximum atomic E-state index is 15.4. The zero-order chi connectivity index (χ0) is 26.1. The number of esters is 1. The number of carbonyl (C=O) groups excluding carboxylic acids is 1. The number of ether oxygens (including phenoxy) is 6. The van der Waals surface area contributed by atoms with Gasteiger partial charge in [-0.15, -0.1) is 0 Å². The molecule has 0 aromatic rings. The Kier molecular flexibility index (Phi) is 16.9. The first-order chi connectivity index (χ1) is 16.9. The maximum absolute atomic E-state index is 15.4. The van der Waals surface area contributed by atoms with Gasteiger partial charge in [0.15, 0.2) is 6.10 Å². The van der Waals surface area contributed by atoms with Crippen molar-refractivity contribution in [2.45, 2.75) is 122 Å². The zero-order valence-corrected chi connectivity index (χ0v) is 22.4. The molecule has 9 heteroatoms. The second-order valence-electron chi connectivity index (χ2n) is 8.93. The van der Waals surface area contributed by atoms with Gasteiger partial charge in [-0.1, -0.05) is 53.4 Å². The van der Waals surface area contributed by atoms with Crippen molar-refractivity contribution in [2.24, 2.45) is 0 Å². The van der Waals surface area contributed by atoms with Gasteiger partial charge in [-0.25, -0.2) is 4.79 Å². The van der Waals surface area contributed by atoms with Crippen molar-refractivity contribution < 1.29 is 42.0 Å². The van der Waals surface area contributed by atoms with Crippen LogP contribution < -0.4 is 0 Å². The molecule has 0 aromatic carbocycles. The van der Waals surface area contributed by atoms with E-state index >= 15 is 8.78 Å². The molecule has 208 valence electrons. The first-order valence-corrected chi connectivity index (χ1v) is 13.5. The number of hydrogen-bond donors (Lipinski definition) is 0. The molecule has 1 aliphatic heterocycles. The van der Waals surface area contributed by atoms with Crippen molar-refractivity contribution in [1.29, 1.82) is 0 Å². The molecular formula is C26H48F2O7. The minimum absolute atomic E-state index is 0.0571. The summed E-state index contributed by atoms with van der Waals surface area (Å²) < 4.78 is 65.6. The van der Waals surface area contributed by atoms with Gasteiger partial charge in [-0.2, -0.15) is 8.78 Å². The summed E-state index contributed by atoms with van der Waals surface area (Å²) in [6.45, 7) is 11.0. The average molecular weight is 511 g/mol. The molecule has 0 radical (unpaired) electrons. The molecule has 0 N–H and O–H groups in total. The van der Waals surface area contributed by atoms with Gasteiger partial charge in [0.2, 0.25) is 0 Å². The third kappa shape index (κ3) is 10.6. The summed E-state index contributed by atoms with van der Waals surface area (Å²) in [4.78, 5) is 12.3. The van der Waals surface area contributed by atoms with Gasteiger partial charge < -0.3 is 28.4 Å². The number of rotatable bonds is 20. The Labute approximate surface area is 210 Å². The smallest absolute Gasteiger partial charge is 0.379 e.